The third-order valence-electron chi connectivity index (χ3n) is 3.01. The lowest BCUT2D eigenvalue weighted by molar-refractivity contribution is -0.137. The normalized spacial score (nSPS) is 12.3. The highest BCUT2D eigenvalue weighted by molar-refractivity contribution is 9.10. The van der Waals surface area contributed by atoms with Crippen molar-refractivity contribution in [2.45, 2.75) is 25.8 Å². The predicted octanol–water partition coefficient (Wildman–Crippen LogP) is 3.66. The molecule has 0 aliphatic carbocycles. The molecule has 1 atom stereocenters. The lowest BCUT2D eigenvalue weighted by atomic mass is 10.1. The van der Waals surface area contributed by atoms with E-state index in [1.807, 2.05) is 31.2 Å². The number of hydrogen-bond acceptors (Lipinski definition) is 3. The molecule has 0 amide bonds. The van der Waals surface area contributed by atoms with E-state index in [-0.39, 0.29) is 12.5 Å². The molecular weight excluding hydrogens is 308 g/mol. The first kappa shape index (κ1) is 13.8. The summed E-state index contributed by atoms with van der Waals surface area (Å²) in [5.74, 6) is -0.0762. The molecule has 0 aliphatic rings. The first-order valence-electron chi connectivity index (χ1n) is 6.13. The zero-order valence-electron chi connectivity index (χ0n) is 10.6. The van der Waals surface area contributed by atoms with Gasteiger partial charge in [0.2, 0.25) is 0 Å². The molecule has 1 unspecified atom stereocenters. The summed E-state index contributed by atoms with van der Waals surface area (Å²) in [6.07, 6.45) is 2.55. The van der Waals surface area contributed by atoms with E-state index in [0.29, 0.717) is 0 Å². The number of nitrogens with one attached hydrogen (secondary N) is 1. The molecule has 4 nitrogen and oxygen atoms in total. The number of carboxylic acids is 1. The Bertz CT molecular complexity index is 601. The lowest BCUT2D eigenvalue weighted by Crippen LogP contribution is -2.22. The van der Waals surface area contributed by atoms with Gasteiger partial charge in [-0.05, 0) is 18.6 Å². The average molecular weight is 323 g/mol. The summed E-state index contributed by atoms with van der Waals surface area (Å²) in [6, 6.07) is 7.71. The molecule has 2 aromatic rings. The Hall–Kier alpha value is -1.62. The maximum Gasteiger partial charge on any atom is 0.305 e. The van der Waals surface area contributed by atoms with E-state index in [0.717, 1.165) is 27.5 Å². The van der Waals surface area contributed by atoms with Crippen LogP contribution in [-0.2, 0) is 4.79 Å². The molecule has 0 aliphatic heterocycles. The molecule has 0 fully saturated rings. The summed E-state index contributed by atoms with van der Waals surface area (Å²) in [6.45, 7) is 1.96. The van der Waals surface area contributed by atoms with Crippen LogP contribution in [0, 0.1) is 0 Å². The van der Waals surface area contributed by atoms with Crippen LogP contribution in [0.5, 0.6) is 0 Å². The number of benzene rings is 1. The fourth-order valence-corrected chi connectivity index (χ4v) is 2.48. The van der Waals surface area contributed by atoms with Crippen LogP contribution >= 0.6 is 15.9 Å². The fourth-order valence-electron chi connectivity index (χ4n) is 1.99. The molecule has 100 valence electrons. The second-order valence-electron chi connectivity index (χ2n) is 4.34. The molecule has 0 saturated carbocycles. The van der Waals surface area contributed by atoms with E-state index in [4.69, 9.17) is 5.11 Å². The molecule has 0 bridgehead atoms. The number of anilines is 1. The summed E-state index contributed by atoms with van der Waals surface area (Å²) in [7, 11) is 0. The van der Waals surface area contributed by atoms with Crippen molar-refractivity contribution in [1.29, 1.82) is 0 Å². The summed E-state index contributed by atoms with van der Waals surface area (Å²) in [5, 5.41) is 14.1. The molecule has 19 heavy (non-hydrogen) atoms. The van der Waals surface area contributed by atoms with Gasteiger partial charge in [0.25, 0.3) is 0 Å². The van der Waals surface area contributed by atoms with Gasteiger partial charge >= 0.3 is 5.97 Å². The van der Waals surface area contributed by atoms with Crippen LogP contribution in [-0.4, -0.2) is 22.1 Å². The van der Waals surface area contributed by atoms with Crippen molar-refractivity contribution in [1.82, 2.24) is 4.98 Å². The van der Waals surface area contributed by atoms with Crippen LogP contribution in [0.3, 0.4) is 0 Å². The number of aliphatic carboxylic acids is 1. The van der Waals surface area contributed by atoms with Crippen molar-refractivity contribution >= 4 is 38.5 Å². The van der Waals surface area contributed by atoms with Crippen LogP contribution in [0.4, 0.5) is 5.82 Å². The van der Waals surface area contributed by atoms with Gasteiger partial charge in [-0.3, -0.25) is 4.79 Å². The summed E-state index contributed by atoms with van der Waals surface area (Å²) in [5.41, 5.74) is 0. The van der Waals surface area contributed by atoms with E-state index >= 15 is 0 Å². The van der Waals surface area contributed by atoms with Crippen molar-refractivity contribution < 1.29 is 9.90 Å². The van der Waals surface area contributed by atoms with Gasteiger partial charge in [0.1, 0.15) is 5.82 Å². The van der Waals surface area contributed by atoms with Crippen molar-refractivity contribution in [2.75, 3.05) is 5.32 Å². The molecule has 1 aromatic heterocycles. The van der Waals surface area contributed by atoms with Crippen LogP contribution in [0.2, 0.25) is 0 Å². The third kappa shape index (κ3) is 3.23. The Morgan fingerprint density at radius 3 is 2.89 bits per heavy atom. The van der Waals surface area contributed by atoms with Crippen molar-refractivity contribution in [3.8, 4) is 0 Å². The number of halogens is 1. The first-order valence-corrected chi connectivity index (χ1v) is 6.92. The monoisotopic (exact) mass is 322 g/mol. The van der Waals surface area contributed by atoms with Gasteiger partial charge in [-0.25, -0.2) is 4.98 Å². The molecule has 1 heterocycles. The summed E-state index contributed by atoms with van der Waals surface area (Å²) in [4.78, 5) is 15.1. The molecule has 0 saturated heterocycles. The highest BCUT2D eigenvalue weighted by atomic mass is 79.9. The number of aromatic nitrogens is 1. The Morgan fingerprint density at radius 1 is 1.42 bits per heavy atom. The zero-order chi connectivity index (χ0) is 13.8. The Balaban J connectivity index is 2.34. The lowest BCUT2D eigenvalue weighted by Gasteiger charge is -2.17. The number of nitrogens with zero attached hydrogens (tertiary/aromatic N) is 1. The number of fused-ring (bicyclic) bond motifs is 1. The summed E-state index contributed by atoms with van der Waals surface area (Å²) < 4.78 is 1.00. The SMILES string of the molecule is CCC(CC(=O)O)Nc1nccc2c(Br)cccc12. The standard InChI is InChI=1S/C14H15BrN2O2/c1-2-9(8-13(18)19)17-14-11-4-3-5-12(15)10(11)6-7-16-14/h3-7,9H,2,8H2,1H3,(H,16,17)(H,18,19). The highest BCUT2D eigenvalue weighted by Crippen LogP contribution is 2.28. The van der Waals surface area contributed by atoms with Crippen LogP contribution in [0.15, 0.2) is 34.9 Å². The zero-order valence-corrected chi connectivity index (χ0v) is 12.1. The molecule has 2 N–H and O–H groups in total. The minimum atomic E-state index is -0.805. The largest absolute Gasteiger partial charge is 0.481 e. The number of carbonyl (C=O) groups is 1. The van der Waals surface area contributed by atoms with Crippen LogP contribution in [0.1, 0.15) is 19.8 Å². The van der Waals surface area contributed by atoms with Gasteiger partial charge in [0.15, 0.2) is 0 Å². The van der Waals surface area contributed by atoms with Gasteiger partial charge in [0, 0.05) is 27.5 Å². The Labute approximate surface area is 120 Å². The highest BCUT2D eigenvalue weighted by Gasteiger charge is 2.13. The minimum absolute atomic E-state index is 0.0859. The Kier molecular flexibility index (Phi) is 4.37. The number of hydrogen-bond donors (Lipinski definition) is 2. The predicted molar refractivity (Wildman–Crippen MR) is 79.4 cm³/mol. The van der Waals surface area contributed by atoms with Gasteiger partial charge < -0.3 is 10.4 Å². The second kappa shape index (κ2) is 6.02. The molecular formula is C14H15BrN2O2. The van der Waals surface area contributed by atoms with E-state index in [1.165, 1.54) is 0 Å². The molecule has 2 rings (SSSR count). The van der Waals surface area contributed by atoms with Gasteiger partial charge in [-0.15, -0.1) is 0 Å². The molecule has 5 heteroatoms. The maximum atomic E-state index is 10.8. The fraction of sp³-hybridized carbons (Fsp3) is 0.286. The summed E-state index contributed by atoms with van der Waals surface area (Å²) >= 11 is 3.50. The number of carboxylic acid groups (broad SMARTS) is 1. The topological polar surface area (TPSA) is 62.2 Å². The van der Waals surface area contributed by atoms with Gasteiger partial charge in [-0.1, -0.05) is 35.0 Å². The first-order chi connectivity index (χ1) is 9.11. The van der Waals surface area contributed by atoms with Crippen LogP contribution < -0.4 is 5.32 Å². The van der Waals surface area contributed by atoms with E-state index in [9.17, 15) is 4.79 Å². The number of rotatable bonds is 5. The second-order valence-corrected chi connectivity index (χ2v) is 5.20. The number of pyridine rings is 1. The minimum Gasteiger partial charge on any atom is -0.481 e. The molecule has 1 aromatic carbocycles. The van der Waals surface area contributed by atoms with E-state index in [1.54, 1.807) is 6.20 Å². The molecule has 0 radical (unpaired) electrons. The smallest absolute Gasteiger partial charge is 0.305 e. The van der Waals surface area contributed by atoms with Crippen molar-refractivity contribution in [2.24, 2.45) is 0 Å². The van der Waals surface area contributed by atoms with E-state index < -0.39 is 5.97 Å². The third-order valence-corrected chi connectivity index (χ3v) is 3.70. The van der Waals surface area contributed by atoms with E-state index in [2.05, 4.69) is 26.2 Å². The van der Waals surface area contributed by atoms with Gasteiger partial charge in [0.05, 0.1) is 6.42 Å². The average Bonchev–Trinajstić information content (AvgIpc) is 2.38. The van der Waals surface area contributed by atoms with Crippen molar-refractivity contribution in [3.63, 3.8) is 0 Å². The maximum absolute atomic E-state index is 10.8. The molecule has 0 spiro atoms. The Morgan fingerprint density at radius 2 is 2.21 bits per heavy atom. The van der Waals surface area contributed by atoms with Crippen LogP contribution in [0.25, 0.3) is 10.8 Å². The van der Waals surface area contributed by atoms with Gasteiger partial charge in [-0.2, -0.15) is 0 Å². The quantitative estimate of drug-likeness (QED) is 0.881. The van der Waals surface area contributed by atoms with Crippen molar-refractivity contribution in [3.05, 3.63) is 34.9 Å².